The Hall–Kier alpha value is -1.82. The van der Waals surface area contributed by atoms with Crippen molar-refractivity contribution in [1.29, 1.82) is 0 Å². The third-order valence-corrected chi connectivity index (χ3v) is 3.65. The molecule has 1 atom stereocenters. The van der Waals surface area contributed by atoms with E-state index in [0.717, 1.165) is 9.86 Å². The van der Waals surface area contributed by atoms with E-state index in [9.17, 15) is 9.59 Å². The molecule has 0 aliphatic heterocycles. The van der Waals surface area contributed by atoms with Crippen molar-refractivity contribution in [3.63, 3.8) is 0 Å². The fourth-order valence-electron chi connectivity index (χ4n) is 2.06. The van der Waals surface area contributed by atoms with Crippen LogP contribution in [0.25, 0.3) is 11.0 Å². The summed E-state index contributed by atoms with van der Waals surface area (Å²) in [6.07, 6.45) is 0.366. The molecule has 6 heteroatoms. The lowest BCUT2D eigenvalue weighted by Crippen LogP contribution is -2.41. The second kappa shape index (κ2) is 6.30. The molecule has 0 saturated heterocycles. The molecule has 0 fully saturated rings. The van der Waals surface area contributed by atoms with Crippen LogP contribution in [0.5, 0.6) is 0 Å². The number of carbonyl (C=O) groups is 2. The van der Waals surface area contributed by atoms with Gasteiger partial charge in [-0.2, -0.15) is 0 Å². The maximum atomic E-state index is 12.1. The number of hydrogen-bond donors (Lipinski definition) is 2. The molecule has 2 rings (SSSR count). The van der Waals surface area contributed by atoms with Gasteiger partial charge in [0.05, 0.1) is 4.47 Å². The predicted octanol–water partition coefficient (Wildman–Crippen LogP) is 3.42. The highest BCUT2D eigenvalue weighted by atomic mass is 79.9. The van der Waals surface area contributed by atoms with Crippen LogP contribution < -0.4 is 5.32 Å². The van der Waals surface area contributed by atoms with E-state index in [2.05, 4.69) is 21.2 Å². The van der Waals surface area contributed by atoms with Gasteiger partial charge in [-0.15, -0.1) is 0 Å². The number of amides is 1. The highest BCUT2D eigenvalue weighted by Gasteiger charge is 2.23. The van der Waals surface area contributed by atoms with Gasteiger partial charge in [0, 0.05) is 5.39 Å². The fraction of sp³-hybridized carbons (Fsp3) is 0.333. The average Bonchev–Trinajstić information content (AvgIpc) is 2.82. The van der Waals surface area contributed by atoms with Crippen LogP contribution in [0.2, 0.25) is 0 Å². The summed E-state index contributed by atoms with van der Waals surface area (Å²) in [7, 11) is 0. The molecule has 1 aromatic heterocycles. The Morgan fingerprint density at radius 2 is 2.10 bits per heavy atom. The van der Waals surface area contributed by atoms with Crippen LogP contribution >= 0.6 is 15.9 Å². The van der Waals surface area contributed by atoms with Crippen molar-refractivity contribution in [3.05, 3.63) is 34.5 Å². The largest absolute Gasteiger partial charge is 0.480 e. The number of furan rings is 1. The molecule has 0 aliphatic carbocycles. The molecule has 0 radical (unpaired) electrons. The van der Waals surface area contributed by atoms with E-state index in [1.165, 1.54) is 0 Å². The Morgan fingerprint density at radius 1 is 1.38 bits per heavy atom. The van der Waals surface area contributed by atoms with Gasteiger partial charge in [-0.3, -0.25) is 4.79 Å². The molecule has 5 nitrogen and oxygen atoms in total. The van der Waals surface area contributed by atoms with Crippen molar-refractivity contribution in [2.24, 2.45) is 5.92 Å². The molecule has 0 aliphatic rings. The standard InChI is InChI=1S/C15H16BrNO4/c1-8(2)6-11(15(19)20)17-14(18)12-7-9-4-3-5-10(16)13(9)21-12/h3-5,7-8,11H,6H2,1-2H3,(H,17,18)(H,19,20). The molecular formula is C15H16BrNO4. The number of nitrogens with one attached hydrogen (secondary N) is 1. The third-order valence-electron chi connectivity index (χ3n) is 3.03. The number of aliphatic carboxylic acids is 1. The van der Waals surface area contributed by atoms with E-state index in [1.54, 1.807) is 6.07 Å². The lowest BCUT2D eigenvalue weighted by atomic mass is 10.0. The monoisotopic (exact) mass is 353 g/mol. The zero-order valence-corrected chi connectivity index (χ0v) is 13.3. The maximum Gasteiger partial charge on any atom is 0.326 e. The summed E-state index contributed by atoms with van der Waals surface area (Å²) in [5.41, 5.74) is 0.568. The van der Waals surface area contributed by atoms with Crippen LogP contribution in [0.4, 0.5) is 0 Å². The van der Waals surface area contributed by atoms with Gasteiger partial charge in [-0.05, 0) is 40.4 Å². The Kier molecular flexibility index (Phi) is 4.67. The van der Waals surface area contributed by atoms with Gasteiger partial charge in [0.25, 0.3) is 5.91 Å². The topological polar surface area (TPSA) is 79.5 Å². The van der Waals surface area contributed by atoms with Gasteiger partial charge in [-0.1, -0.05) is 26.0 Å². The molecule has 0 spiro atoms. The third kappa shape index (κ3) is 3.64. The minimum atomic E-state index is -1.05. The van der Waals surface area contributed by atoms with E-state index in [4.69, 9.17) is 9.52 Å². The van der Waals surface area contributed by atoms with E-state index >= 15 is 0 Å². The van der Waals surface area contributed by atoms with Crippen LogP contribution in [-0.4, -0.2) is 23.0 Å². The van der Waals surface area contributed by atoms with E-state index in [-0.39, 0.29) is 11.7 Å². The molecule has 0 bridgehead atoms. The second-order valence-electron chi connectivity index (χ2n) is 5.26. The summed E-state index contributed by atoms with van der Waals surface area (Å²) < 4.78 is 6.24. The molecule has 1 unspecified atom stereocenters. The van der Waals surface area contributed by atoms with Crippen LogP contribution in [0.15, 0.2) is 33.2 Å². The lowest BCUT2D eigenvalue weighted by molar-refractivity contribution is -0.139. The Labute approximate surface area is 130 Å². The second-order valence-corrected chi connectivity index (χ2v) is 6.12. The number of para-hydroxylation sites is 1. The number of benzene rings is 1. The van der Waals surface area contributed by atoms with E-state index in [0.29, 0.717) is 12.0 Å². The quantitative estimate of drug-likeness (QED) is 0.862. The van der Waals surface area contributed by atoms with Crippen molar-refractivity contribution in [2.45, 2.75) is 26.3 Å². The van der Waals surface area contributed by atoms with Crippen molar-refractivity contribution in [1.82, 2.24) is 5.32 Å². The Balaban J connectivity index is 2.21. The summed E-state index contributed by atoms with van der Waals surface area (Å²) in [6.45, 7) is 3.81. The number of rotatable bonds is 5. The number of carbonyl (C=O) groups excluding carboxylic acids is 1. The normalized spacial score (nSPS) is 12.6. The maximum absolute atomic E-state index is 12.1. The summed E-state index contributed by atoms with van der Waals surface area (Å²) >= 11 is 3.35. The molecule has 21 heavy (non-hydrogen) atoms. The van der Waals surface area contributed by atoms with Crippen LogP contribution in [0.1, 0.15) is 30.8 Å². The van der Waals surface area contributed by atoms with E-state index < -0.39 is 17.9 Å². The first-order valence-electron chi connectivity index (χ1n) is 6.60. The Morgan fingerprint density at radius 3 is 2.67 bits per heavy atom. The zero-order chi connectivity index (χ0) is 15.6. The van der Waals surface area contributed by atoms with Gasteiger partial charge < -0.3 is 14.8 Å². The van der Waals surface area contributed by atoms with Crippen LogP contribution in [0, 0.1) is 5.92 Å². The molecule has 1 aromatic carbocycles. The van der Waals surface area contributed by atoms with E-state index in [1.807, 2.05) is 32.0 Å². The molecule has 2 N–H and O–H groups in total. The van der Waals surface area contributed by atoms with Crippen molar-refractivity contribution in [3.8, 4) is 0 Å². The Bertz CT molecular complexity index is 677. The molecular weight excluding hydrogens is 338 g/mol. The minimum Gasteiger partial charge on any atom is -0.480 e. The highest BCUT2D eigenvalue weighted by molar-refractivity contribution is 9.10. The highest BCUT2D eigenvalue weighted by Crippen LogP contribution is 2.27. The molecule has 1 amide bonds. The lowest BCUT2D eigenvalue weighted by Gasteiger charge is -2.15. The number of hydrogen-bond acceptors (Lipinski definition) is 3. The first-order chi connectivity index (χ1) is 9.88. The van der Waals surface area contributed by atoms with Gasteiger partial charge in [0.15, 0.2) is 5.76 Å². The molecule has 2 aromatic rings. The fourth-order valence-corrected chi connectivity index (χ4v) is 2.52. The first-order valence-corrected chi connectivity index (χ1v) is 7.39. The van der Waals surface area contributed by atoms with Gasteiger partial charge in [0.1, 0.15) is 11.6 Å². The van der Waals surface area contributed by atoms with Crippen molar-refractivity contribution >= 4 is 38.8 Å². The molecule has 1 heterocycles. The van der Waals surface area contributed by atoms with Gasteiger partial charge >= 0.3 is 5.97 Å². The number of halogens is 1. The molecule has 112 valence electrons. The first kappa shape index (κ1) is 15.6. The predicted molar refractivity (Wildman–Crippen MR) is 82.3 cm³/mol. The smallest absolute Gasteiger partial charge is 0.326 e. The zero-order valence-electron chi connectivity index (χ0n) is 11.7. The number of fused-ring (bicyclic) bond motifs is 1. The van der Waals surface area contributed by atoms with Crippen molar-refractivity contribution < 1.29 is 19.1 Å². The van der Waals surface area contributed by atoms with Crippen LogP contribution in [0.3, 0.4) is 0 Å². The summed E-state index contributed by atoms with van der Waals surface area (Å²) in [5, 5.41) is 12.4. The van der Waals surface area contributed by atoms with Crippen molar-refractivity contribution in [2.75, 3.05) is 0 Å². The van der Waals surface area contributed by atoms with Gasteiger partial charge in [0.2, 0.25) is 0 Å². The number of carboxylic acids is 1. The van der Waals surface area contributed by atoms with Crippen LogP contribution in [-0.2, 0) is 4.79 Å². The average molecular weight is 354 g/mol. The summed E-state index contributed by atoms with van der Waals surface area (Å²) in [4.78, 5) is 23.3. The van der Waals surface area contributed by atoms with Gasteiger partial charge in [-0.25, -0.2) is 4.79 Å². The minimum absolute atomic E-state index is 0.104. The molecule has 0 saturated carbocycles. The number of carboxylic acid groups (broad SMARTS) is 1. The summed E-state index contributed by atoms with van der Waals surface area (Å²) in [6, 6.07) is 6.15. The summed E-state index contributed by atoms with van der Waals surface area (Å²) in [5.74, 6) is -1.30. The SMILES string of the molecule is CC(C)CC(NC(=O)c1cc2cccc(Br)c2o1)C(=O)O.